The molecule has 2 heterocycles. The van der Waals surface area contributed by atoms with Crippen molar-refractivity contribution in [1.29, 1.82) is 0 Å². The molecule has 0 atom stereocenters. The fourth-order valence-corrected chi connectivity index (χ4v) is 3.79. The Morgan fingerprint density at radius 2 is 2.13 bits per heavy atom. The molecule has 4 nitrogen and oxygen atoms in total. The molecule has 2 fully saturated rings. The van der Waals surface area contributed by atoms with Crippen molar-refractivity contribution in [2.75, 3.05) is 26.3 Å². The van der Waals surface area contributed by atoms with Crippen LogP contribution in [0.25, 0.3) is 0 Å². The van der Waals surface area contributed by atoms with Crippen LogP contribution in [0.4, 0.5) is 0 Å². The standard InChI is InChI=1S/C10H17NO3S/c12-9(13)5-10(6-11-7-10)15-8-1-3-14-4-2-8/h8,11H,1-7H2,(H,12,13). The Hall–Kier alpha value is -0.260. The summed E-state index contributed by atoms with van der Waals surface area (Å²) in [6.07, 6.45) is 2.40. The number of aliphatic carboxylic acids is 1. The zero-order chi connectivity index (χ0) is 10.7. The van der Waals surface area contributed by atoms with Crippen molar-refractivity contribution in [1.82, 2.24) is 5.32 Å². The van der Waals surface area contributed by atoms with Gasteiger partial charge in [0.25, 0.3) is 0 Å². The lowest BCUT2D eigenvalue weighted by molar-refractivity contribution is -0.138. The number of carboxylic acid groups (broad SMARTS) is 1. The van der Waals surface area contributed by atoms with Gasteiger partial charge in [0.1, 0.15) is 0 Å². The molecule has 2 rings (SSSR count). The van der Waals surface area contributed by atoms with Crippen LogP contribution in [0.2, 0.25) is 0 Å². The van der Waals surface area contributed by atoms with Crippen LogP contribution in [0.3, 0.4) is 0 Å². The molecule has 0 aromatic carbocycles. The van der Waals surface area contributed by atoms with Gasteiger partial charge in [-0.1, -0.05) is 0 Å². The van der Waals surface area contributed by atoms with E-state index in [0.29, 0.717) is 5.25 Å². The molecular formula is C10H17NO3S. The summed E-state index contributed by atoms with van der Waals surface area (Å²) in [7, 11) is 0. The predicted molar refractivity (Wildman–Crippen MR) is 59.3 cm³/mol. The Morgan fingerprint density at radius 3 is 2.60 bits per heavy atom. The van der Waals surface area contributed by atoms with Gasteiger partial charge in [0.05, 0.1) is 11.2 Å². The second kappa shape index (κ2) is 4.72. The van der Waals surface area contributed by atoms with Crippen molar-refractivity contribution >= 4 is 17.7 Å². The maximum Gasteiger partial charge on any atom is 0.304 e. The average Bonchev–Trinajstić information content (AvgIpc) is 2.15. The summed E-state index contributed by atoms with van der Waals surface area (Å²) in [6, 6.07) is 0. The number of carboxylic acids is 1. The van der Waals surface area contributed by atoms with Crippen LogP contribution in [0.5, 0.6) is 0 Å². The number of ether oxygens (including phenoxy) is 1. The third-order valence-corrected chi connectivity index (χ3v) is 4.69. The lowest BCUT2D eigenvalue weighted by Gasteiger charge is -2.43. The van der Waals surface area contributed by atoms with Gasteiger partial charge in [-0.15, -0.1) is 11.8 Å². The number of thioether (sulfide) groups is 1. The summed E-state index contributed by atoms with van der Waals surface area (Å²) in [5.41, 5.74) is 0. The first-order valence-corrected chi connectivity index (χ1v) is 6.26. The Balaban J connectivity index is 1.86. The molecule has 0 bridgehead atoms. The zero-order valence-corrected chi connectivity index (χ0v) is 9.52. The van der Waals surface area contributed by atoms with Gasteiger partial charge in [0.15, 0.2) is 0 Å². The highest BCUT2D eigenvalue weighted by atomic mass is 32.2. The maximum atomic E-state index is 10.8. The number of hydrogen-bond donors (Lipinski definition) is 2. The molecule has 2 saturated heterocycles. The Morgan fingerprint density at radius 1 is 1.47 bits per heavy atom. The summed E-state index contributed by atoms with van der Waals surface area (Å²) in [5, 5.41) is 12.6. The fourth-order valence-electron chi connectivity index (χ4n) is 2.08. The van der Waals surface area contributed by atoms with Crippen molar-refractivity contribution in [2.45, 2.75) is 29.3 Å². The molecule has 0 amide bonds. The Kier molecular flexibility index (Phi) is 3.53. The minimum absolute atomic E-state index is 0.0478. The third-order valence-electron chi connectivity index (χ3n) is 2.95. The monoisotopic (exact) mass is 231 g/mol. The van der Waals surface area contributed by atoms with Gasteiger partial charge in [-0.05, 0) is 12.8 Å². The third kappa shape index (κ3) is 2.86. The van der Waals surface area contributed by atoms with Crippen LogP contribution in [0, 0.1) is 0 Å². The van der Waals surface area contributed by atoms with Gasteiger partial charge in [-0.25, -0.2) is 0 Å². The van der Waals surface area contributed by atoms with E-state index in [0.717, 1.165) is 39.1 Å². The minimum atomic E-state index is -0.684. The molecule has 0 spiro atoms. The lowest BCUT2D eigenvalue weighted by atomic mass is 9.98. The van der Waals surface area contributed by atoms with Crippen molar-refractivity contribution in [3.8, 4) is 0 Å². The smallest absolute Gasteiger partial charge is 0.304 e. The molecule has 0 radical (unpaired) electrons. The van der Waals surface area contributed by atoms with E-state index in [1.54, 1.807) is 0 Å². The summed E-state index contributed by atoms with van der Waals surface area (Å²) in [5.74, 6) is -0.684. The number of carbonyl (C=O) groups is 1. The minimum Gasteiger partial charge on any atom is -0.481 e. The number of nitrogens with one attached hydrogen (secondary N) is 1. The van der Waals surface area contributed by atoms with Crippen molar-refractivity contribution in [3.63, 3.8) is 0 Å². The maximum absolute atomic E-state index is 10.8. The van der Waals surface area contributed by atoms with Gasteiger partial charge in [0.2, 0.25) is 0 Å². The van der Waals surface area contributed by atoms with E-state index in [2.05, 4.69) is 5.32 Å². The highest BCUT2D eigenvalue weighted by molar-refractivity contribution is 8.01. The van der Waals surface area contributed by atoms with E-state index in [1.807, 2.05) is 11.8 Å². The molecule has 2 N–H and O–H groups in total. The first kappa shape index (κ1) is 11.2. The SMILES string of the molecule is O=C(O)CC1(SC2CCOCC2)CNC1. The van der Waals surface area contributed by atoms with Crippen LogP contribution in [0.1, 0.15) is 19.3 Å². The van der Waals surface area contributed by atoms with Gasteiger partial charge in [-0.3, -0.25) is 4.79 Å². The van der Waals surface area contributed by atoms with Gasteiger partial charge in [0, 0.05) is 31.6 Å². The van der Waals surface area contributed by atoms with Crippen LogP contribution in [0.15, 0.2) is 0 Å². The predicted octanol–water partition coefficient (Wildman–Crippen LogP) is 0.715. The van der Waals surface area contributed by atoms with Gasteiger partial charge in [-0.2, -0.15) is 0 Å². The summed E-state index contributed by atoms with van der Waals surface area (Å²) < 4.78 is 5.25. The van der Waals surface area contributed by atoms with E-state index in [4.69, 9.17) is 9.84 Å². The molecule has 5 heteroatoms. The van der Waals surface area contributed by atoms with Crippen molar-refractivity contribution in [3.05, 3.63) is 0 Å². The van der Waals surface area contributed by atoms with Crippen LogP contribution in [-0.2, 0) is 9.53 Å². The number of rotatable bonds is 4. The molecule has 0 aromatic rings. The molecule has 15 heavy (non-hydrogen) atoms. The molecular weight excluding hydrogens is 214 g/mol. The topological polar surface area (TPSA) is 58.6 Å². The first-order valence-electron chi connectivity index (χ1n) is 5.38. The second-order valence-corrected chi connectivity index (χ2v) is 6.06. The van der Waals surface area contributed by atoms with E-state index in [9.17, 15) is 4.79 Å². The first-order chi connectivity index (χ1) is 7.20. The van der Waals surface area contributed by atoms with Crippen molar-refractivity contribution in [2.24, 2.45) is 0 Å². The largest absolute Gasteiger partial charge is 0.481 e. The van der Waals surface area contributed by atoms with Gasteiger partial charge < -0.3 is 15.2 Å². The van der Waals surface area contributed by atoms with E-state index in [1.165, 1.54) is 0 Å². The normalized spacial score (nSPS) is 25.9. The molecule has 0 saturated carbocycles. The van der Waals surface area contributed by atoms with Gasteiger partial charge >= 0.3 is 5.97 Å². The number of hydrogen-bond acceptors (Lipinski definition) is 4. The fraction of sp³-hybridized carbons (Fsp3) is 0.900. The molecule has 2 aliphatic heterocycles. The van der Waals surface area contributed by atoms with Crippen LogP contribution < -0.4 is 5.32 Å². The second-order valence-electron chi connectivity index (χ2n) is 4.29. The van der Waals surface area contributed by atoms with E-state index >= 15 is 0 Å². The quantitative estimate of drug-likeness (QED) is 0.746. The lowest BCUT2D eigenvalue weighted by Crippen LogP contribution is -2.59. The van der Waals surface area contributed by atoms with Crippen molar-refractivity contribution < 1.29 is 14.6 Å². The Labute approximate surface area is 93.8 Å². The van der Waals surface area contributed by atoms with E-state index < -0.39 is 5.97 Å². The molecule has 86 valence electrons. The van der Waals surface area contributed by atoms with Crippen LogP contribution >= 0.6 is 11.8 Å². The average molecular weight is 231 g/mol. The zero-order valence-electron chi connectivity index (χ0n) is 8.70. The molecule has 0 unspecified atom stereocenters. The molecule has 0 aromatic heterocycles. The van der Waals surface area contributed by atoms with E-state index in [-0.39, 0.29) is 11.2 Å². The Bertz CT molecular complexity index is 237. The summed E-state index contributed by atoms with van der Waals surface area (Å²) in [6.45, 7) is 3.32. The molecule has 2 aliphatic rings. The molecule has 0 aliphatic carbocycles. The highest BCUT2D eigenvalue weighted by Crippen LogP contribution is 2.39. The summed E-state index contributed by atoms with van der Waals surface area (Å²) >= 11 is 1.86. The summed E-state index contributed by atoms with van der Waals surface area (Å²) in [4.78, 5) is 10.8. The highest BCUT2D eigenvalue weighted by Gasteiger charge is 2.41. The van der Waals surface area contributed by atoms with Crippen LogP contribution in [-0.4, -0.2) is 47.4 Å².